The Balaban J connectivity index is 2.16. The second-order valence-corrected chi connectivity index (χ2v) is 5.70. The number of nitrogens with two attached hydrogens (primary N) is 1. The molecule has 0 unspecified atom stereocenters. The highest BCUT2D eigenvalue weighted by Crippen LogP contribution is 2.29. The minimum atomic E-state index is -0.548. The number of unbranched alkanes of at least 4 members (excludes halogenated alkanes) is 1. The Bertz CT molecular complexity index is 774. The molecule has 2 aromatic carbocycles. The van der Waals surface area contributed by atoms with E-state index in [0.29, 0.717) is 41.5 Å². The van der Waals surface area contributed by atoms with Crippen LogP contribution in [0.15, 0.2) is 42.5 Å². The number of amides is 2. The Morgan fingerprint density at radius 3 is 2.50 bits per heavy atom. The summed E-state index contributed by atoms with van der Waals surface area (Å²) < 4.78 is 11.3. The minimum absolute atomic E-state index is 0.312. The van der Waals surface area contributed by atoms with Gasteiger partial charge in [-0.2, -0.15) is 0 Å². The van der Waals surface area contributed by atoms with E-state index in [1.165, 1.54) is 6.07 Å². The predicted molar refractivity (Wildman–Crippen MR) is 101 cm³/mol. The maximum Gasteiger partial charge on any atom is 0.255 e. The first-order valence-electron chi connectivity index (χ1n) is 8.66. The average molecular weight is 356 g/mol. The van der Waals surface area contributed by atoms with Crippen LogP contribution in [0.5, 0.6) is 11.5 Å². The lowest BCUT2D eigenvalue weighted by Crippen LogP contribution is -2.14. The molecule has 138 valence electrons. The standard InChI is InChI=1S/C20H24N2O4/c1-3-5-11-26-17-10-9-15(13-18(17)25-4-2)20(24)22-16-8-6-7-14(12-16)19(21)23/h6-10,12-13H,3-5,11H2,1-2H3,(H2,21,23)(H,22,24). The van der Waals surface area contributed by atoms with E-state index >= 15 is 0 Å². The third kappa shape index (κ3) is 5.24. The Kier molecular flexibility index (Phi) is 7.02. The molecule has 0 aliphatic rings. The van der Waals surface area contributed by atoms with Gasteiger partial charge in [-0.05, 0) is 49.7 Å². The first-order valence-corrected chi connectivity index (χ1v) is 8.66. The van der Waals surface area contributed by atoms with Crippen molar-refractivity contribution in [2.24, 2.45) is 5.73 Å². The van der Waals surface area contributed by atoms with Crippen LogP contribution in [0.1, 0.15) is 47.4 Å². The Morgan fingerprint density at radius 1 is 1.00 bits per heavy atom. The van der Waals surface area contributed by atoms with Gasteiger partial charge in [-0.1, -0.05) is 19.4 Å². The quantitative estimate of drug-likeness (QED) is 0.672. The summed E-state index contributed by atoms with van der Waals surface area (Å²) in [5, 5.41) is 2.75. The van der Waals surface area contributed by atoms with E-state index in [9.17, 15) is 9.59 Å². The van der Waals surface area contributed by atoms with Crippen LogP contribution < -0.4 is 20.5 Å². The monoisotopic (exact) mass is 356 g/mol. The number of hydrogen-bond donors (Lipinski definition) is 2. The van der Waals surface area contributed by atoms with E-state index in [-0.39, 0.29) is 5.91 Å². The molecular weight excluding hydrogens is 332 g/mol. The highest BCUT2D eigenvalue weighted by Gasteiger charge is 2.12. The average Bonchev–Trinajstić information content (AvgIpc) is 2.63. The zero-order valence-corrected chi connectivity index (χ0v) is 15.1. The van der Waals surface area contributed by atoms with Gasteiger partial charge in [0.25, 0.3) is 5.91 Å². The highest BCUT2D eigenvalue weighted by molar-refractivity contribution is 6.05. The number of benzene rings is 2. The van der Waals surface area contributed by atoms with Gasteiger partial charge < -0.3 is 20.5 Å². The molecule has 0 aliphatic heterocycles. The summed E-state index contributed by atoms with van der Waals surface area (Å²) in [6.45, 7) is 5.03. The lowest BCUT2D eigenvalue weighted by Gasteiger charge is -2.13. The molecule has 0 atom stereocenters. The summed E-state index contributed by atoms with van der Waals surface area (Å²) in [5.41, 5.74) is 6.52. The highest BCUT2D eigenvalue weighted by atomic mass is 16.5. The lowest BCUT2D eigenvalue weighted by molar-refractivity contribution is 0.0996. The number of anilines is 1. The molecule has 26 heavy (non-hydrogen) atoms. The van der Waals surface area contributed by atoms with E-state index < -0.39 is 5.91 Å². The lowest BCUT2D eigenvalue weighted by atomic mass is 10.1. The second-order valence-electron chi connectivity index (χ2n) is 5.70. The number of rotatable bonds is 9. The zero-order valence-electron chi connectivity index (χ0n) is 15.1. The molecular formula is C20H24N2O4. The molecule has 6 nitrogen and oxygen atoms in total. The van der Waals surface area contributed by atoms with Crippen LogP contribution in [0.25, 0.3) is 0 Å². The van der Waals surface area contributed by atoms with Crippen molar-refractivity contribution < 1.29 is 19.1 Å². The number of hydrogen-bond acceptors (Lipinski definition) is 4. The fourth-order valence-corrected chi connectivity index (χ4v) is 2.32. The number of ether oxygens (including phenoxy) is 2. The van der Waals surface area contributed by atoms with E-state index in [0.717, 1.165) is 12.8 Å². The van der Waals surface area contributed by atoms with Crippen LogP contribution in [-0.4, -0.2) is 25.0 Å². The first kappa shape index (κ1) is 19.3. The summed E-state index contributed by atoms with van der Waals surface area (Å²) in [6, 6.07) is 11.5. The number of carbonyl (C=O) groups is 2. The molecule has 6 heteroatoms. The van der Waals surface area contributed by atoms with E-state index in [4.69, 9.17) is 15.2 Å². The van der Waals surface area contributed by atoms with Gasteiger partial charge in [0.1, 0.15) is 0 Å². The Labute approximate surface area is 153 Å². The van der Waals surface area contributed by atoms with Gasteiger partial charge in [-0.3, -0.25) is 9.59 Å². The van der Waals surface area contributed by atoms with Crippen molar-refractivity contribution in [1.82, 2.24) is 0 Å². The molecule has 0 bridgehead atoms. The molecule has 2 amide bonds. The second kappa shape index (κ2) is 9.46. The van der Waals surface area contributed by atoms with Crippen LogP contribution in [-0.2, 0) is 0 Å². The molecule has 0 saturated heterocycles. The van der Waals surface area contributed by atoms with Gasteiger partial charge in [0, 0.05) is 16.8 Å². The normalized spacial score (nSPS) is 10.2. The third-order valence-corrected chi connectivity index (χ3v) is 3.67. The molecule has 2 aromatic rings. The summed E-state index contributed by atoms with van der Waals surface area (Å²) >= 11 is 0. The topological polar surface area (TPSA) is 90.6 Å². The molecule has 0 heterocycles. The van der Waals surface area contributed by atoms with Crippen molar-refractivity contribution in [1.29, 1.82) is 0 Å². The van der Waals surface area contributed by atoms with Crippen LogP contribution in [0.3, 0.4) is 0 Å². The summed E-state index contributed by atoms with van der Waals surface area (Å²) in [7, 11) is 0. The van der Waals surface area contributed by atoms with E-state index in [1.807, 2.05) is 6.92 Å². The predicted octanol–water partition coefficient (Wildman–Crippen LogP) is 3.62. The smallest absolute Gasteiger partial charge is 0.255 e. The minimum Gasteiger partial charge on any atom is -0.490 e. The maximum atomic E-state index is 12.5. The van der Waals surface area contributed by atoms with Crippen molar-refractivity contribution in [2.45, 2.75) is 26.7 Å². The van der Waals surface area contributed by atoms with E-state index in [1.54, 1.807) is 36.4 Å². The van der Waals surface area contributed by atoms with Crippen molar-refractivity contribution in [3.05, 3.63) is 53.6 Å². The summed E-state index contributed by atoms with van der Waals surface area (Å²) in [6.07, 6.45) is 1.98. The van der Waals surface area contributed by atoms with Crippen molar-refractivity contribution in [2.75, 3.05) is 18.5 Å². The fourth-order valence-electron chi connectivity index (χ4n) is 2.32. The summed E-state index contributed by atoms with van der Waals surface area (Å²) in [5.74, 6) is 0.288. The molecule has 0 radical (unpaired) electrons. The Morgan fingerprint density at radius 2 is 1.81 bits per heavy atom. The molecule has 3 N–H and O–H groups in total. The number of carbonyl (C=O) groups excluding carboxylic acids is 2. The fraction of sp³-hybridized carbons (Fsp3) is 0.300. The summed E-state index contributed by atoms with van der Waals surface area (Å²) in [4.78, 5) is 23.7. The van der Waals surface area contributed by atoms with Crippen LogP contribution in [0.2, 0.25) is 0 Å². The molecule has 0 saturated carbocycles. The molecule has 0 fully saturated rings. The van der Waals surface area contributed by atoms with Gasteiger partial charge >= 0.3 is 0 Å². The van der Waals surface area contributed by atoms with Crippen molar-refractivity contribution in [3.63, 3.8) is 0 Å². The van der Waals surface area contributed by atoms with Crippen LogP contribution in [0, 0.1) is 0 Å². The molecule has 0 aliphatic carbocycles. The van der Waals surface area contributed by atoms with Crippen molar-refractivity contribution >= 4 is 17.5 Å². The van der Waals surface area contributed by atoms with Crippen LogP contribution >= 0.6 is 0 Å². The number of nitrogens with one attached hydrogen (secondary N) is 1. The zero-order chi connectivity index (χ0) is 18.9. The molecule has 0 spiro atoms. The third-order valence-electron chi connectivity index (χ3n) is 3.67. The van der Waals surface area contributed by atoms with Gasteiger partial charge in [0.15, 0.2) is 11.5 Å². The largest absolute Gasteiger partial charge is 0.490 e. The van der Waals surface area contributed by atoms with Gasteiger partial charge in [-0.25, -0.2) is 0 Å². The Hall–Kier alpha value is -3.02. The first-order chi connectivity index (χ1) is 12.5. The van der Waals surface area contributed by atoms with Crippen molar-refractivity contribution in [3.8, 4) is 11.5 Å². The van der Waals surface area contributed by atoms with Crippen LogP contribution in [0.4, 0.5) is 5.69 Å². The SMILES string of the molecule is CCCCOc1ccc(C(=O)Nc2cccc(C(N)=O)c2)cc1OCC. The van der Waals surface area contributed by atoms with Gasteiger partial charge in [-0.15, -0.1) is 0 Å². The van der Waals surface area contributed by atoms with E-state index in [2.05, 4.69) is 12.2 Å². The van der Waals surface area contributed by atoms with Gasteiger partial charge in [0.05, 0.1) is 13.2 Å². The molecule has 2 rings (SSSR count). The number of primary amides is 1. The molecule has 0 aromatic heterocycles. The van der Waals surface area contributed by atoms with Gasteiger partial charge in [0.2, 0.25) is 5.91 Å². The maximum absolute atomic E-state index is 12.5.